The number of carbonyl (C=O) groups excluding carboxylic acids is 2. The van der Waals surface area contributed by atoms with Crippen molar-refractivity contribution in [3.63, 3.8) is 0 Å². The van der Waals surface area contributed by atoms with Crippen LogP contribution in [0.3, 0.4) is 0 Å². The molecule has 0 aromatic heterocycles. The summed E-state index contributed by atoms with van der Waals surface area (Å²) >= 11 is 3.27. The predicted octanol–water partition coefficient (Wildman–Crippen LogP) is 5.30. The second kappa shape index (κ2) is 13.5. The Morgan fingerprint density at radius 3 is 1.78 bits per heavy atom. The summed E-state index contributed by atoms with van der Waals surface area (Å²) in [5, 5.41) is 7.87. The standard InChI is InChI=1S/C20H18BrFO5.C7H6O2/c21-17-11-15(27-20(24)14-9-5-2-6-10-14)18(22)16(26-17)12-25-19(23)13-7-3-1-4-8-13;8-7(9)6-4-2-1-3-5-6/h1-10,15-18H,11-12H2;1-5H,(H,8,9)/t15?,16?,17-,18-;/m0./s1. The lowest BCUT2D eigenvalue weighted by atomic mass is 10.0. The molecule has 1 N–H and O–H groups in total. The minimum atomic E-state index is -1.62. The molecule has 2 unspecified atom stereocenters. The summed E-state index contributed by atoms with van der Waals surface area (Å²) in [6.45, 7) is -0.281. The van der Waals surface area contributed by atoms with Crippen molar-refractivity contribution in [1.82, 2.24) is 0 Å². The number of hydrogen-bond acceptors (Lipinski definition) is 6. The predicted molar refractivity (Wildman–Crippen MR) is 133 cm³/mol. The number of rotatable bonds is 6. The largest absolute Gasteiger partial charge is 0.478 e. The normalized spacial score (nSPS) is 20.8. The fourth-order valence-corrected chi connectivity index (χ4v) is 3.94. The SMILES string of the molecule is O=C(O)c1ccccc1.O=C(OCC1O[C@H](Br)CC(OC(=O)c2ccccc2)[C@@H]1F)c1ccccc1. The second-order valence-electron chi connectivity index (χ2n) is 7.71. The molecule has 3 aromatic carbocycles. The van der Waals surface area contributed by atoms with Crippen LogP contribution in [-0.2, 0) is 14.2 Å². The first-order chi connectivity index (χ1) is 17.3. The van der Waals surface area contributed by atoms with Crippen molar-refractivity contribution in [2.45, 2.75) is 29.8 Å². The van der Waals surface area contributed by atoms with E-state index in [1.165, 1.54) is 0 Å². The van der Waals surface area contributed by atoms with Crippen molar-refractivity contribution in [1.29, 1.82) is 0 Å². The third kappa shape index (κ3) is 8.00. The molecule has 0 aliphatic carbocycles. The molecule has 0 saturated carbocycles. The average Bonchev–Trinajstić information content (AvgIpc) is 2.91. The first-order valence-corrected chi connectivity index (χ1v) is 12.0. The molecular weight excluding hydrogens is 535 g/mol. The molecule has 1 aliphatic rings. The van der Waals surface area contributed by atoms with Crippen molar-refractivity contribution in [3.05, 3.63) is 108 Å². The molecule has 9 heteroatoms. The van der Waals surface area contributed by atoms with Gasteiger partial charge in [-0.1, -0.05) is 70.5 Å². The van der Waals surface area contributed by atoms with Crippen molar-refractivity contribution >= 4 is 33.8 Å². The van der Waals surface area contributed by atoms with Gasteiger partial charge in [-0.25, -0.2) is 18.8 Å². The molecule has 1 fully saturated rings. The third-order valence-corrected chi connectivity index (χ3v) is 5.72. The maximum atomic E-state index is 14.8. The monoisotopic (exact) mass is 558 g/mol. The Balaban J connectivity index is 0.000000338. The van der Waals surface area contributed by atoms with Gasteiger partial charge in [0.1, 0.15) is 23.8 Å². The molecular formula is C27H24BrFO7. The van der Waals surface area contributed by atoms with Crippen LogP contribution in [0, 0.1) is 0 Å². The van der Waals surface area contributed by atoms with Gasteiger partial charge in [0, 0.05) is 6.42 Å². The van der Waals surface area contributed by atoms with Crippen molar-refractivity contribution in [3.8, 4) is 0 Å². The molecule has 1 heterocycles. The highest BCUT2D eigenvalue weighted by atomic mass is 79.9. The summed E-state index contributed by atoms with van der Waals surface area (Å²) in [6.07, 6.45) is -3.50. The summed E-state index contributed by atoms with van der Waals surface area (Å²) in [5.74, 6) is -2.05. The Labute approximate surface area is 215 Å². The number of carboxylic acids is 1. The Morgan fingerprint density at radius 1 is 0.833 bits per heavy atom. The average molecular weight is 559 g/mol. The number of carbonyl (C=O) groups is 3. The van der Waals surface area contributed by atoms with Crippen LogP contribution in [0.4, 0.5) is 4.39 Å². The summed E-state index contributed by atoms with van der Waals surface area (Å²) in [5.41, 5.74) is 1.04. The summed E-state index contributed by atoms with van der Waals surface area (Å²) in [6, 6.07) is 25.1. The van der Waals surface area contributed by atoms with Crippen molar-refractivity contribution in [2.24, 2.45) is 0 Å². The van der Waals surface area contributed by atoms with E-state index in [2.05, 4.69) is 15.9 Å². The number of hydrogen-bond donors (Lipinski definition) is 1. The van der Waals surface area contributed by atoms with Gasteiger partial charge in [0.15, 0.2) is 6.17 Å². The zero-order chi connectivity index (χ0) is 25.9. The molecule has 3 aromatic rings. The fourth-order valence-electron chi connectivity index (χ4n) is 3.29. The number of alkyl halides is 2. The van der Waals surface area contributed by atoms with E-state index in [0.717, 1.165) is 0 Å². The maximum Gasteiger partial charge on any atom is 0.338 e. The number of ether oxygens (including phenoxy) is 3. The van der Waals surface area contributed by atoms with E-state index in [1.807, 2.05) is 0 Å². The lowest BCUT2D eigenvalue weighted by Gasteiger charge is -2.35. The van der Waals surface area contributed by atoms with E-state index in [0.29, 0.717) is 16.7 Å². The highest BCUT2D eigenvalue weighted by Gasteiger charge is 2.41. The van der Waals surface area contributed by atoms with Crippen LogP contribution in [0.15, 0.2) is 91.0 Å². The Hall–Kier alpha value is -3.56. The second-order valence-corrected chi connectivity index (χ2v) is 8.73. The Kier molecular flexibility index (Phi) is 10.1. The van der Waals surface area contributed by atoms with Gasteiger partial charge in [-0.2, -0.15) is 0 Å². The topological polar surface area (TPSA) is 99.1 Å². The number of carboxylic acid groups (broad SMARTS) is 1. The summed E-state index contributed by atoms with van der Waals surface area (Å²) in [7, 11) is 0. The van der Waals surface area contributed by atoms with Crippen LogP contribution in [0.2, 0.25) is 0 Å². The van der Waals surface area contributed by atoms with Gasteiger partial charge in [0.05, 0.1) is 16.7 Å². The zero-order valence-corrected chi connectivity index (χ0v) is 20.6. The van der Waals surface area contributed by atoms with E-state index in [9.17, 15) is 18.8 Å². The molecule has 7 nitrogen and oxygen atoms in total. The molecule has 1 aliphatic heterocycles. The van der Waals surface area contributed by atoms with Crippen LogP contribution in [0.5, 0.6) is 0 Å². The van der Waals surface area contributed by atoms with Gasteiger partial charge in [-0.15, -0.1) is 0 Å². The zero-order valence-electron chi connectivity index (χ0n) is 19.0. The lowest BCUT2D eigenvalue weighted by Crippen LogP contribution is -2.48. The molecule has 36 heavy (non-hydrogen) atoms. The number of esters is 2. The van der Waals surface area contributed by atoms with E-state index >= 15 is 0 Å². The molecule has 0 spiro atoms. The van der Waals surface area contributed by atoms with Crippen LogP contribution in [0.25, 0.3) is 0 Å². The van der Waals surface area contributed by atoms with E-state index in [1.54, 1.807) is 91.0 Å². The quantitative estimate of drug-likeness (QED) is 0.323. The van der Waals surface area contributed by atoms with Crippen LogP contribution < -0.4 is 0 Å². The van der Waals surface area contributed by atoms with Crippen molar-refractivity contribution in [2.75, 3.05) is 6.61 Å². The summed E-state index contributed by atoms with van der Waals surface area (Å²) in [4.78, 5) is 34.4. The number of aromatic carboxylic acids is 1. The molecule has 0 bridgehead atoms. The van der Waals surface area contributed by atoms with E-state index in [4.69, 9.17) is 19.3 Å². The highest BCUT2D eigenvalue weighted by molar-refractivity contribution is 9.09. The Bertz CT molecular complexity index is 1130. The molecule has 0 amide bonds. The van der Waals surface area contributed by atoms with Gasteiger partial charge < -0.3 is 19.3 Å². The van der Waals surface area contributed by atoms with Gasteiger partial charge in [0.25, 0.3) is 0 Å². The molecule has 1 saturated heterocycles. The van der Waals surface area contributed by atoms with E-state index in [-0.39, 0.29) is 13.0 Å². The molecule has 4 atom stereocenters. The first-order valence-electron chi connectivity index (χ1n) is 11.0. The molecule has 188 valence electrons. The van der Waals surface area contributed by atoms with Gasteiger partial charge in [-0.05, 0) is 36.4 Å². The van der Waals surface area contributed by atoms with Crippen LogP contribution in [-0.4, -0.2) is 53.0 Å². The molecule has 0 radical (unpaired) electrons. The van der Waals surface area contributed by atoms with E-state index < -0.39 is 41.3 Å². The van der Waals surface area contributed by atoms with Crippen molar-refractivity contribution < 1.29 is 38.1 Å². The lowest BCUT2D eigenvalue weighted by molar-refractivity contribution is -0.132. The van der Waals surface area contributed by atoms with Gasteiger partial charge in [-0.3, -0.25) is 0 Å². The van der Waals surface area contributed by atoms with Gasteiger partial charge in [0.2, 0.25) is 0 Å². The number of halogens is 2. The van der Waals surface area contributed by atoms with Crippen LogP contribution >= 0.6 is 15.9 Å². The smallest absolute Gasteiger partial charge is 0.338 e. The summed E-state index contributed by atoms with van der Waals surface area (Å²) < 4.78 is 30.8. The minimum Gasteiger partial charge on any atom is -0.478 e. The fraction of sp³-hybridized carbons (Fsp3) is 0.222. The van der Waals surface area contributed by atoms with Crippen LogP contribution in [0.1, 0.15) is 37.5 Å². The maximum absolute atomic E-state index is 14.8. The Morgan fingerprint density at radius 2 is 1.31 bits per heavy atom. The third-order valence-electron chi connectivity index (χ3n) is 5.13. The molecule has 4 rings (SSSR count). The number of benzene rings is 3. The van der Waals surface area contributed by atoms with Gasteiger partial charge >= 0.3 is 17.9 Å². The first kappa shape index (κ1) is 27.0. The minimum absolute atomic E-state index is 0.156. The highest BCUT2D eigenvalue weighted by Crippen LogP contribution is 2.29.